The first kappa shape index (κ1) is 17.0. The van der Waals surface area contributed by atoms with E-state index >= 15 is 0 Å². The van der Waals surface area contributed by atoms with Gasteiger partial charge < -0.3 is 14.4 Å². The molecule has 1 aromatic rings. The van der Waals surface area contributed by atoms with Crippen molar-refractivity contribution in [3.63, 3.8) is 0 Å². The monoisotopic (exact) mass is 344 g/mol. The first-order valence-corrected chi connectivity index (χ1v) is 9.34. The van der Waals surface area contributed by atoms with Crippen LogP contribution in [0, 0.1) is 20.8 Å². The van der Waals surface area contributed by atoms with Crippen molar-refractivity contribution < 1.29 is 14.3 Å². The highest BCUT2D eigenvalue weighted by Gasteiger charge is 2.45. The number of hydrogen-bond donors (Lipinski definition) is 0. The summed E-state index contributed by atoms with van der Waals surface area (Å²) in [6.45, 7) is 10.9. The standard InChI is InChI=1S/C20H28N2O3/c1-14-10-15(2)18(16(3)11-14)22-6-4-17(19(22)23)21-7-9-25-20(12-21)5-8-24-13-20/h10-11,17H,4-9,12-13H2,1-3H3/t17-,20-/m0/s1. The Bertz CT molecular complexity index is 659. The fraction of sp³-hybridized carbons (Fsp3) is 0.650. The minimum absolute atomic E-state index is 0.0264. The van der Waals surface area contributed by atoms with Crippen LogP contribution in [-0.4, -0.2) is 61.9 Å². The van der Waals surface area contributed by atoms with E-state index in [2.05, 4.69) is 37.8 Å². The van der Waals surface area contributed by atoms with Crippen LogP contribution in [-0.2, 0) is 14.3 Å². The fourth-order valence-electron chi connectivity index (χ4n) is 4.79. The Hall–Kier alpha value is -1.43. The average Bonchev–Trinajstić information content (AvgIpc) is 3.14. The third-order valence-corrected chi connectivity index (χ3v) is 5.87. The van der Waals surface area contributed by atoms with Crippen LogP contribution < -0.4 is 4.90 Å². The Balaban J connectivity index is 1.54. The Morgan fingerprint density at radius 3 is 2.56 bits per heavy atom. The predicted molar refractivity (Wildman–Crippen MR) is 97.1 cm³/mol. The predicted octanol–water partition coefficient (Wildman–Crippen LogP) is 2.21. The number of ether oxygens (including phenoxy) is 2. The number of benzene rings is 1. The van der Waals surface area contributed by atoms with Crippen molar-refractivity contribution in [2.45, 2.75) is 45.3 Å². The summed E-state index contributed by atoms with van der Waals surface area (Å²) in [4.78, 5) is 17.5. The number of morpholine rings is 1. The van der Waals surface area contributed by atoms with Gasteiger partial charge in [-0.05, 0) is 38.3 Å². The van der Waals surface area contributed by atoms with E-state index in [9.17, 15) is 4.79 Å². The second-order valence-electron chi connectivity index (χ2n) is 7.85. The van der Waals surface area contributed by atoms with Crippen molar-refractivity contribution in [1.29, 1.82) is 0 Å². The number of nitrogens with zero attached hydrogens (tertiary/aromatic N) is 2. The lowest BCUT2D eigenvalue weighted by Gasteiger charge is -2.41. The van der Waals surface area contributed by atoms with Gasteiger partial charge in [0.05, 0.1) is 19.3 Å². The molecule has 1 spiro atoms. The van der Waals surface area contributed by atoms with E-state index in [4.69, 9.17) is 9.47 Å². The zero-order chi connectivity index (χ0) is 17.6. The quantitative estimate of drug-likeness (QED) is 0.825. The molecule has 0 radical (unpaired) electrons. The summed E-state index contributed by atoms with van der Waals surface area (Å²) in [7, 11) is 0. The molecule has 5 heteroatoms. The van der Waals surface area contributed by atoms with Gasteiger partial charge in [0.2, 0.25) is 5.91 Å². The lowest BCUT2D eigenvalue weighted by atomic mass is 9.99. The highest BCUT2D eigenvalue weighted by atomic mass is 16.6. The lowest BCUT2D eigenvalue weighted by Crippen LogP contribution is -2.57. The zero-order valence-corrected chi connectivity index (χ0v) is 15.5. The van der Waals surface area contributed by atoms with Crippen molar-refractivity contribution in [3.8, 4) is 0 Å². The molecule has 3 aliphatic heterocycles. The number of carbonyl (C=O) groups excluding carboxylic acids is 1. The minimum Gasteiger partial charge on any atom is -0.378 e. The first-order valence-electron chi connectivity index (χ1n) is 9.34. The van der Waals surface area contributed by atoms with Gasteiger partial charge in [-0.1, -0.05) is 17.7 Å². The van der Waals surface area contributed by atoms with Crippen LogP contribution in [0.4, 0.5) is 5.69 Å². The van der Waals surface area contributed by atoms with Crippen LogP contribution in [0.25, 0.3) is 0 Å². The van der Waals surface area contributed by atoms with E-state index < -0.39 is 0 Å². The van der Waals surface area contributed by atoms with E-state index in [-0.39, 0.29) is 17.6 Å². The van der Waals surface area contributed by atoms with Crippen LogP contribution in [0.2, 0.25) is 0 Å². The summed E-state index contributed by atoms with van der Waals surface area (Å²) < 4.78 is 11.6. The number of aryl methyl sites for hydroxylation is 3. The second kappa shape index (κ2) is 6.38. The Morgan fingerprint density at radius 1 is 1.12 bits per heavy atom. The maximum atomic E-state index is 13.2. The van der Waals surface area contributed by atoms with E-state index in [0.717, 1.165) is 44.8 Å². The van der Waals surface area contributed by atoms with Gasteiger partial charge in [0.1, 0.15) is 5.60 Å². The van der Waals surface area contributed by atoms with Gasteiger partial charge in [-0.25, -0.2) is 0 Å². The molecule has 3 fully saturated rings. The molecular formula is C20H28N2O3. The molecule has 5 nitrogen and oxygen atoms in total. The molecule has 0 bridgehead atoms. The maximum absolute atomic E-state index is 13.2. The second-order valence-corrected chi connectivity index (χ2v) is 7.85. The molecule has 1 aromatic carbocycles. The molecule has 0 unspecified atom stereocenters. The highest BCUT2D eigenvalue weighted by molar-refractivity contribution is 6.00. The number of carbonyl (C=O) groups is 1. The number of anilines is 1. The van der Waals surface area contributed by atoms with E-state index in [1.54, 1.807) is 0 Å². The summed E-state index contributed by atoms with van der Waals surface area (Å²) in [5.74, 6) is 0.242. The Kier molecular flexibility index (Phi) is 4.34. The molecule has 25 heavy (non-hydrogen) atoms. The van der Waals surface area contributed by atoms with Crippen LogP contribution in [0.3, 0.4) is 0 Å². The van der Waals surface area contributed by atoms with Crippen molar-refractivity contribution in [3.05, 3.63) is 28.8 Å². The molecule has 0 aromatic heterocycles. The summed E-state index contributed by atoms with van der Waals surface area (Å²) in [5, 5.41) is 0. The first-order chi connectivity index (χ1) is 12.0. The molecule has 3 saturated heterocycles. The SMILES string of the molecule is Cc1cc(C)c(N2CC[C@H](N3CCO[C@@]4(CCOC4)C3)C2=O)c(C)c1. The molecule has 3 heterocycles. The molecule has 4 rings (SSSR count). The van der Waals surface area contributed by atoms with Crippen molar-refractivity contribution >= 4 is 11.6 Å². The van der Waals surface area contributed by atoms with Gasteiger partial charge in [-0.3, -0.25) is 9.69 Å². The molecule has 0 aliphatic carbocycles. The van der Waals surface area contributed by atoms with Gasteiger partial charge in [-0.2, -0.15) is 0 Å². The molecular weight excluding hydrogens is 316 g/mol. The van der Waals surface area contributed by atoms with Gasteiger partial charge in [0, 0.05) is 38.3 Å². The fourth-order valence-corrected chi connectivity index (χ4v) is 4.79. The number of rotatable bonds is 2. The summed E-state index contributed by atoms with van der Waals surface area (Å²) in [6.07, 6.45) is 1.83. The van der Waals surface area contributed by atoms with Gasteiger partial charge in [0.25, 0.3) is 0 Å². The third-order valence-electron chi connectivity index (χ3n) is 5.87. The van der Waals surface area contributed by atoms with Gasteiger partial charge in [0.15, 0.2) is 0 Å². The van der Waals surface area contributed by atoms with Crippen molar-refractivity contribution in [2.75, 3.05) is 44.4 Å². The lowest BCUT2D eigenvalue weighted by molar-refractivity contribution is -0.135. The van der Waals surface area contributed by atoms with E-state index in [0.29, 0.717) is 13.2 Å². The summed E-state index contributed by atoms with van der Waals surface area (Å²) >= 11 is 0. The number of amides is 1. The van der Waals surface area contributed by atoms with Crippen molar-refractivity contribution in [2.24, 2.45) is 0 Å². The largest absolute Gasteiger partial charge is 0.378 e. The summed E-state index contributed by atoms with van der Waals surface area (Å²) in [5.41, 5.74) is 4.54. The van der Waals surface area contributed by atoms with Crippen molar-refractivity contribution in [1.82, 2.24) is 4.90 Å². The summed E-state index contributed by atoms with van der Waals surface area (Å²) in [6, 6.07) is 4.31. The van der Waals surface area contributed by atoms with Gasteiger partial charge in [-0.15, -0.1) is 0 Å². The van der Waals surface area contributed by atoms with Gasteiger partial charge >= 0.3 is 0 Å². The molecule has 136 valence electrons. The highest BCUT2D eigenvalue weighted by Crippen LogP contribution is 2.34. The smallest absolute Gasteiger partial charge is 0.244 e. The number of hydrogen-bond acceptors (Lipinski definition) is 4. The van der Waals surface area contributed by atoms with Crippen LogP contribution in [0.1, 0.15) is 29.5 Å². The van der Waals surface area contributed by atoms with Crippen LogP contribution >= 0.6 is 0 Å². The maximum Gasteiger partial charge on any atom is 0.244 e. The molecule has 1 amide bonds. The van der Waals surface area contributed by atoms with Crippen LogP contribution in [0.5, 0.6) is 0 Å². The molecule has 0 N–H and O–H groups in total. The Labute approximate surface area is 149 Å². The molecule has 3 aliphatic rings. The third kappa shape index (κ3) is 2.98. The van der Waals surface area contributed by atoms with E-state index in [1.807, 2.05) is 4.90 Å². The Morgan fingerprint density at radius 2 is 1.88 bits per heavy atom. The minimum atomic E-state index is -0.193. The average molecular weight is 344 g/mol. The van der Waals surface area contributed by atoms with E-state index in [1.165, 1.54) is 16.7 Å². The normalized spacial score (nSPS) is 30.6. The van der Waals surface area contributed by atoms with Crippen LogP contribution in [0.15, 0.2) is 12.1 Å². The molecule has 0 saturated carbocycles. The topological polar surface area (TPSA) is 42.0 Å². The zero-order valence-electron chi connectivity index (χ0n) is 15.5. The molecule has 2 atom stereocenters.